The van der Waals surface area contributed by atoms with Crippen molar-refractivity contribution in [2.45, 2.75) is 12.8 Å². The highest BCUT2D eigenvalue weighted by Crippen LogP contribution is 2.27. The van der Waals surface area contributed by atoms with Crippen LogP contribution in [0.1, 0.15) is 16.7 Å². The van der Waals surface area contributed by atoms with E-state index < -0.39 is 10.4 Å². The third kappa shape index (κ3) is 6.84. The lowest BCUT2D eigenvalue weighted by molar-refractivity contribution is 0.354. The monoisotopic (exact) mass is 408 g/mol. The Balaban J connectivity index is 0.000000500. The summed E-state index contributed by atoms with van der Waals surface area (Å²) < 4.78 is 42.2. The van der Waals surface area contributed by atoms with Crippen molar-refractivity contribution in [3.63, 3.8) is 0 Å². The molecular formula is C19H24N2O6S. The van der Waals surface area contributed by atoms with Crippen LogP contribution in [0.25, 0.3) is 0 Å². The average Bonchev–Trinajstić information content (AvgIpc) is 2.66. The zero-order valence-electron chi connectivity index (χ0n) is 15.8. The number of hydrogen-bond acceptors (Lipinski definition) is 6. The highest BCUT2D eigenvalue weighted by molar-refractivity contribution is 7.79. The van der Waals surface area contributed by atoms with Gasteiger partial charge in [-0.15, -0.1) is 0 Å². The molecule has 152 valence electrons. The van der Waals surface area contributed by atoms with Gasteiger partial charge in [0, 0.05) is 18.7 Å². The summed E-state index contributed by atoms with van der Waals surface area (Å²) in [7, 11) is -1.36. The molecule has 0 bridgehead atoms. The number of hydrogen-bond donors (Lipinski definition) is 3. The second kappa shape index (κ2) is 10.1. The summed E-state index contributed by atoms with van der Waals surface area (Å²) in [5, 5.41) is 3.47. The number of nitrogens with zero attached hydrogens (tertiary/aromatic N) is 1. The van der Waals surface area contributed by atoms with Crippen LogP contribution in [0.5, 0.6) is 11.5 Å². The number of fused-ring (bicyclic) bond motifs is 1. The van der Waals surface area contributed by atoms with Crippen molar-refractivity contribution in [2.24, 2.45) is 4.99 Å². The van der Waals surface area contributed by atoms with Crippen LogP contribution < -0.4 is 14.8 Å². The fourth-order valence-corrected chi connectivity index (χ4v) is 2.86. The summed E-state index contributed by atoms with van der Waals surface area (Å²) in [6.45, 7) is 1.69. The lowest BCUT2D eigenvalue weighted by atomic mass is 10.0. The van der Waals surface area contributed by atoms with Gasteiger partial charge < -0.3 is 14.8 Å². The predicted octanol–water partition coefficient (Wildman–Crippen LogP) is 2.19. The van der Waals surface area contributed by atoms with Crippen LogP contribution in [-0.4, -0.2) is 50.7 Å². The van der Waals surface area contributed by atoms with Crippen LogP contribution in [0.15, 0.2) is 47.5 Å². The van der Waals surface area contributed by atoms with Gasteiger partial charge in [-0.3, -0.25) is 14.1 Å². The van der Waals surface area contributed by atoms with Crippen molar-refractivity contribution < 1.29 is 27.0 Å². The van der Waals surface area contributed by atoms with Crippen molar-refractivity contribution in [1.29, 1.82) is 0 Å². The maximum absolute atomic E-state index is 8.74. The van der Waals surface area contributed by atoms with E-state index in [1.807, 2.05) is 12.1 Å². The van der Waals surface area contributed by atoms with Crippen molar-refractivity contribution in [3.8, 4) is 11.5 Å². The summed E-state index contributed by atoms with van der Waals surface area (Å²) >= 11 is 0. The molecule has 0 unspecified atom stereocenters. The minimum absolute atomic E-state index is 0.759. The van der Waals surface area contributed by atoms with Crippen molar-refractivity contribution in [2.75, 3.05) is 27.3 Å². The van der Waals surface area contributed by atoms with Gasteiger partial charge in [0.1, 0.15) is 5.84 Å². The van der Waals surface area contributed by atoms with Crippen LogP contribution >= 0.6 is 0 Å². The maximum Gasteiger partial charge on any atom is 0.394 e. The molecule has 0 spiro atoms. The fraction of sp³-hybridized carbons (Fsp3) is 0.316. The Morgan fingerprint density at radius 3 is 2.43 bits per heavy atom. The number of ether oxygens (including phenoxy) is 2. The molecule has 0 fully saturated rings. The number of nitrogens with one attached hydrogen (secondary N) is 1. The molecule has 28 heavy (non-hydrogen) atoms. The Bertz CT molecular complexity index is 920. The number of methoxy groups -OCH3 is 2. The molecule has 3 rings (SSSR count). The summed E-state index contributed by atoms with van der Waals surface area (Å²) in [6, 6.07) is 14.5. The molecule has 8 nitrogen and oxygen atoms in total. The molecule has 0 radical (unpaired) electrons. The quantitative estimate of drug-likeness (QED) is 0.649. The molecule has 1 aliphatic rings. The van der Waals surface area contributed by atoms with Crippen LogP contribution in [0.4, 0.5) is 0 Å². The topological polar surface area (TPSA) is 117 Å². The first-order chi connectivity index (χ1) is 13.3. The van der Waals surface area contributed by atoms with Gasteiger partial charge in [0.15, 0.2) is 11.5 Å². The Morgan fingerprint density at radius 2 is 1.75 bits per heavy atom. The van der Waals surface area contributed by atoms with Crippen LogP contribution in [0.3, 0.4) is 0 Å². The molecule has 0 aromatic heterocycles. The molecule has 0 amide bonds. The van der Waals surface area contributed by atoms with E-state index in [-0.39, 0.29) is 0 Å². The zero-order valence-corrected chi connectivity index (χ0v) is 16.6. The Morgan fingerprint density at radius 1 is 1.07 bits per heavy atom. The molecule has 0 saturated carbocycles. The van der Waals surface area contributed by atoms with E-state index in [4.69, 9.17) is 27.0 Å². The Hall–Kier alpha value is -2.62. The molecule has 1 aliphatic heterocycles. The summed E-state index contributed by atoms with van der Waals surface area (Å²) in [5.74, 6) is 2.53. The molecule has 9 heteroatoms. The summed E-state index contributed by atoms with van der Waals surface area (Å²) in [4.78, 5) is 4.62. The first kappa shape index (κ1) is 21.7. The largest absolute Gasteiger partial charge is 0.493 e. The molecule has 2 aromatic rings. The van der Waals surface area contributed by atoms with Crippen molar-refractivity contribution in [1.82, 2.24) is 5.32 Å². The first-order valence-electron chi connectivity index (χ1n) is 8.59. The van der Waals surface area contributed by atoms with Gasteiger partial charge in [-0.25, -0.2) is 0 Å². The third-order valence-corrected chi connectivity index (χ3v) is 4.08. The van der Waals surface area contributed by atoms with E-state index in [0.29, 0.717) is 0 Å². The highest BCUT2D eigenvalue weighted by atomic mass is 32.3. The lowest BCUT2D eigenvalue weighted by Gasteiger charge is -2.18. The molecule has 0 aliphatic carbocycles. The maximum atomic E-state index is 8.74. The molecular weight excluding hydrogens is 384 g/mol. The number of aliphatic imine (C=N–C) groups is 1. The van der Waals surface area contributed by atoms with E-state index in [2.05, 4.69) is 40.6 Å². The summed E-state index contributed by atoms with van der Waals surface area (Å²) in [6.07, 6.45) is 1.93. The van der Waals surface area contributed by atoms with Crippen LogP contribution in [0, 0.1) is 0 Å². The van der Waals surface area contributed by atoms with Crippen molar-refractivity contribution >= 4 is 16.2 Å². The van der Waals surface area contributed by atoms with Crippen LogP contribution in [-0.2, 0) is 23.2 Å². The van der Waals surface area contributed by atoms with E-state index in [9.17, 15) is 0 Å². The minimum Gasteiger partial charge on any atom is -0.493 e. The van der Waals surface area contributed by atoms with Gasteiger partial charge in [-0.2, -0.15) is 8.42 Å². The average molecular weight is 408 g/mol. The molecule has 0 saturated heterocycles. The lowest BCUT2D eigenvalue weighted by Crippen LogP contribution is -2.30. The number of rotatable bonds is 5. The van der Waals surface area contributed by atoms with Gasteiger partial charge in [0.05, 0.1) is 14.2 Å². The molecule has 1 heterocycles. The minimum atomic E-state index is -4.67. The number of amidine groups is 1. The van der Waals surface area contributed by atoms with Crippen LogP contribution in [0.2, 0.25) is 0 Å². The van der Waals surface area contributed by atoms with Gasteiger partial charge in [0.25, 0.3) is 0 Å². The van der Waals surface area contributed by atoms with E-state index in [1.54, 1.807) is 14.2 Å². The third-order valence-electron chi connectivity index (χ3n) is 4.08. The van der Waals surface area contributed by atoms with E-state index in [1.165, 1.54) is 16.7 Å². The number of benzene rings is 2. The zero-order chi connectivity index (χ0) is 20.6. The normalized spacial score (nSPS) is 12.8. The summed E-state index contributed by atoms with van der Waals surface area (Å²) in [5.41, 5.74) is 3.81. The SMILES string of the molecule is COc1ccc(CCNC2=NCCc3ccccc32)cc1OC.O=S(=O)(O)O. The molecule has 0 atom stereocenters. The Labute approximate surface area is 164 Å². The van der Waals surface area contributed by atoms with E-state index >= 15 is 0 Å². The fourth-order valence-electron chi connectivity index (χ4n) is 2.86. The molecule has 2 aromatic carbocycles. The first-order valence-corrected chi connectivity index (χ1v) is 9.99. The second-order valence-corrected chi connectivity index (χ2v) is 6.85. The van der Waals surface area contributed by atoms with Gasteiger partial charge in [0.2, 0.25) is 0 Å². The van der Waals surface area contributed by atoms with Gasteiger partial charge >= 0.3 is 10.4 Å². The molecule has 3 N–H and O–H groups in total. The predicted molar refractivity (Wildman–Crippen MR) is 107 cm³/mol. The standard InChI is InChI=1S/C19H22N2O2.H2O4S/c1-22-17-8-7-14(13-18(17)23-2)9-11-20-19-16-6-4-3-5-15(16)10-12-21-19;1-5(2,3)4/h3-8,13H,9-12H2,1-2H3,(H,20,21);(H2,1,2,3,4). The second-order valence-electron chi connectivity index (χ2n) is 5.95. The Kier molecular flexibility index (Phi) is 7.80. The van der Waals surface area contributed by atoms with Gasteiger partial charge in [-0.05, 0) is 36.1 Å². The smallest absolute Gasteiger partial charge is 0.394 e. The van der Waals surface area contributed by atoms with Gasteiger partial charge in [-0.1, -0.05) is 30.3 Å². The van der Waals surface area contributed by atoms with Crippen molar-refractivity contribution in [3.05, 3.63) is 59.2 Å². The highest BCUT2D eigenvalue weighted by Gasteiger charge is 2.12. The van der Waals surface area contributed by atoms with E-state index in [0.717, 1.165) is 43.3 Å².